The van der Waals surface area contributed by atoms with Crippen LogP contribution in [0.25, 0.3) is 11.8 Å². The van der Waals surface area contributed by atoms with E-state index in [9.17, 15) is 9.59 Å². The van der Waals surface area contributed by atoms with Crippen molar-refractivity contribution in [1.29, 1.82) is 0 Å². The summed E-state index contributed by atoms with van der Waals surface area (Å²) in [6, 6.07) is 14.9. The Hall–Kier alpha value is -1.99. The van der Waals surface area contributed by atoms with Crippen LogP contribution in [-0.2, 0) is 11.3 Å². The fraction of sp³-hybridized carbons (Fsp3) is 0.130. The monoisotopic (exact) mass is 534 g/mol. The first-order valence-electron chi connectivity index (χ1n) is 9.38. The number of amides is 2. The number of imide groups is 1. The summed E-state index contributed by atoms with van der Waals surface area (Å²) in [7, 11) is 0. The normalized spacial score (nSPS) is 15.4. The van der Waals surface area contributed by atoms with E-state index in [4.69, 9.17) is 23.2 Å². The molecule has 0 radical (unpaired) electrons. The number of aryl methyl sites for hydroxylation is 1. The van der Waals surface area contributed by atoms with Crippen LogP contribution in [0, 0.1) is 13.8 Å². The second-order valence-electron chi connectivity index (χ2n) is 7.18. The van der Waals surface area contributed by atoms with Crippen LogP contribution in [0.3, 0.4) is 0 Å². The molecule has 1 aromatic heterocycles. The van der Waals surface area contributed by atoms with E-state index in [1.807, 2.05) is 60.9 Å². The molecule has 0 atom stereocenters. The smallest absolute Gasteiger partial charge is 0.293 e. The van der Waals surface area contributed by atoms with Crippen molar-refractivity contribution in [1.82, 2.24) is 9.47 Å². The van der Waals surface area contributed by atoms with Gasteiger partial charge < -0.3 is 4.57 Å². The average molecular weight is 536 g/mol. The minimum Gasteiger partial charge on any atom is -0.318 e. The molecule has 158 valence electrons. The van der Waals surface area contributed by atoms with Gasteiger partial charge in [-0.05, 0) is 79.2 Å². The van der Waals surface area contributed by atoms with Crippen molar-refractivity contribution in [2.45, 2.75) is 20.4 Å². The fourth-order valence-electron chi connectivity index (χ4n) is 3.55. The van der Waals surface area contributed by atoms with Crippen LogP contribution in [0.2, 0.25) is 10.0 Å². The maximum Gasteiger partial charge on any atom is 0.293 e. The summed E-state index contributed by atoms with van der Waals surface area (Å²) < 4.78 is 2.97. The molecule has 2 aromatic carbocycles. The lowest BCUT2D eigenvalue weighted by atomic mass is 10.2. The van der Waals surface area contributed by atoms with Crippen LogP contribution >= 0.6 is 50.9 Å². The van der Waals surface area contributed by atoms with E-state index in [-0.39, 0.29) is 17.7 Å². The molecule has 3 aromatic rings. The van der Waals surface area contributed by atoms with E-state index in [2.05, 4.69) is 15.9 Å². The summed E-state index contributed by atoms with van der Waals surface area (Å²) in [6.45, 7) is 4.17. The number of carbonyl (C=O) groups is 2. The molecular weight excluding hydrogens is 519 g/mol. The molecule has 4 rings (SSSR count). The van der Waals surface area contributed by atoms with Gasteiger partial charge in [0, 0.05) is 31.6 Å². The zero-order valence-corrected chi connectivity index (χ0v) is 20.6. The number of hydrogen-bond donors (Lipinski definition) is 0. The number of benzene rings is 2. The number of halogens is 3. The van der Waals surface area contributed by atoms with E-state index in [1.54, 1.807) is 12.1 Å². The molecule has 1 aliphatic heterocycles. The zero-order chi connectivity index (χ0) is 22.3. The molecule has 0 unspecified atom stereocenters. The van der Waals surface area contributed by atoms with Gasteiger partial charge in [0.05, 0.1) is 11.4 Å². The van der Waals surface area contributed by atoms with Crippen molar-refractivity contribution in [3.05, 3.63) is 90.5 Å². The Bertz CT molecular complexity index is 1210. The molecule has 0 aliphatic carbocycles. The van der Waals surface area contributed by atoms with Crippen molar-refractivity contribution < 1.29 is 9.59 Å². The zero-order valence-electron chi connectivity index (χ0n) is 16.7. The highest BCUT2D eigenvalue weighted by molar-refractivity contribution is 9.10. The quantitative estimate of drug-likeness (QED) is 0.327. The third-order valence-electron chi connectivity index (χ3n) is 4.99. The van der Waals surface area contributed by atoms with Crippen LogP contribution in [0.4, 0.5) is 4.79 Å². The molecule has 0 bridgehead atoms. The number of nitrogens with zero attached hydrogens (tertiary/aromatic N) is 2. The maximum atomic E-state index is 12.9. The first-order valence-corrected chi connectivity index (χ1v) is 11.7. The summed E-state index contributed by atoms with van der Waals surface area (Å²) >= 11 is 16.7. The topological polar surface area (TPSA) is 42.3 Å². The lowest BCUT2D eigenvalue weighted by Crippen LogP contribution is -2.27. The predicted octanol–water partition coefficient (Wildman–Crippen LogP) is 7.40. The highest BCUT2D eigenvalue weighted by atomic mass is 79.9. The van der Waals surface area contributed by atoms with E-state index in [0.29, 0.717) is 15.0 Å². The molecule has 2 amide bonds. The maximum absolute atomic E-state index is 12.9. The van der Waals surface area contributed by atoms with Gasteiger partial charge in [-0.15, -0.1) is 0 Å². The molecule has 31 heavy (non-hydrogen) atoms. The highest BCUT2D eigenvalue weighted by Crippen LogP contribution is 2.35. The molecule has 0 spiro atoms. The van der Waals surface area contributed by atoms with Crippen LogP contribution in [-0.4, -0.2) is 20.6 Å². The van der Waals surface area contributed by atoms with Gasteiger partial charge in [-0.3, -0.25) is 14.5 Å². The van der Waals surface area contributed by atoms with Crippen molar-refractivity contribution in [2.24, 2.45) is 0 Å². The van der Waals surface area contributed by atoms with Crippen LogP contribution in [0.5, 0.6) is 0 Å². The van der Waals surface area contributed by atoms with Gasteiger partial charge in [0.2, 0.25) is 0 Å². The average Bonchev–Trinajstić information content (AvgIpc) is 3.12. The summed E-state index contributed by atoms with van der Waals surface area (Å²) in [5, 5.41) is 0.825. The Morgan fingerprint density at radius 1 is 1.00 bits per heavy atom. The van der Waals surface area contributed by atoms with Gasteiger partial charge in [0.15, 0.2) is 0 Å². The molecule has 0 saturated carbocycles. The summed E-state index contributed by atoms with van der Waals surface area (Å²) in [4.78, 5) is 27.1. The largest absolute Gasteiger partial charge is 0.318 e. The third kappa shape index (κ3) is 4.62. The van der Waals surface area contributed by atoms with Gasteiger partial charge in [0.1, 0.15) is 0 Å². The minimum atomic E-state index is -0.284. The van der Waals surface area contributed by atoms with Gasteiger partial charge in [-0.2, -0.15) is 0 Å². The molecule has 1 aliphatic rings. The first-order chi connectivity index (χ1) is 14.7. The van der Waals surface area contributed by atoms with Crippen molar-refractivity contribution in [3.8, 4) is 5.69 Å². The van der Waals surface area contributed by atoms with Crippen LogP contribution < -0.4 is 0 Å². The Balaban J connectivity index is 1.64. The Labute approximate surface area is 203 Å². The molecule has 1 saturated heterocycles. The molecule has 1 fully saturated rings. The van der Waals surface area contributed by atoms with Crippen LogP contribution in [0.1, 0.15) is 22.5 Å². The first kappa shape index (κ1) is 22.2. The SMILES string of the molecule is Cc1cc(/C=C2\SC(=O)N(Cc3ccc(Br)cc3)C2=O)c(C)n1-c1cc(Cl)cc(Cl)c1. The number of rotatable bonds is 4. The predicted molar refractivity (Wildman–Crippen MR) is 131 cm³/mol. The van der Waals surface area contributed by atoms with E-state index in [1.165, 1.54) is 4.90 Å². The Morgan fingerprint density at radius 3 is 2.29 bits per heavy atom. The van der Waals surface area contributed by atoms with E-state index >= 15 is 0 Å². The fourth-order valence-corrected chi connectivity index (χ4v) is 5.16. The second kappa shape index (κ2) is 8.87. The lowest BCUT2D eigenvalue weighted by molar-refractivity contribution is -0.123. The number of hydrogen-bond acceptors (Lipinski definition) is 3. The van der Waals surface area contributed by atoms with Crippen molar-refractivity contribution in [2.75, 3.05) is 0 Å². The Morgan fingerprint density at radius 2 is 1.65 bits per heavy atom. The highest BCUT2D eigenvalue weighted by Gasteiger charge is 2.35. The van der Waals surface area contributed by atoms with Gasteiger partial charge >= 0.3 is 0 Å². The van der Waals surface area contributed by atoms with Gasteiger partial charge in [-0.25, -0.2) is 0 Å². The Kier molecular flexibility index (Phi) is 6.35. The minimum absolute atomic E-state index is 0.245. The van der Waals surface area contributed by atoms with Crippen LogP contribution in [0.15, 0.2) is 57.9 Å². The molecule has 0 N–H and O–H groups in total. The number of carbonyl (C=O) groups excluding carboxylic acids is 2. The second-order valence-corrected chi connectivity index (χ2v) is 9.97. The molecule has 4 nitrogen and oxygen atoms in total. The lowest BCUT2D eigenvalue weighted by Gasteiger charge is -2.12. The van der Waals surface area contributed by atoms with Gasteiger partial charge in [-0.1, -0.05) is 51.3 Å². The third-order valence-corrected chi connectivity index (χ3v) is 6.86. The molecule has 2 heterocycles. The van der Waals surface area contributed by atoms with Crippen molar-refractivity contribution >= 4 is 68.1 Å². The van der Waals surface area contributed by atoms with E-state index < -0.39 is 0 Å². The summed E-state index contributed by atoms with van der Waals surface area (Å²) in [5.74, 6) is -0.284. The number of thioether (sulfide) groups is 1. The standard InChI is InChI=1S/C23H17BrCl2N2O2S/c1-13-7-16(14(2)28(13)20-10-18(25)9-19(26)11-20)8-21-22(29)27(23(30)31-21)12-15-3-5-17(24)6-4-15/h3-11H,12H2,1-2H3/b21-8-. The molecule has 8 heteroatoms. The summed E-state index contributed by atoms with van der Waals surface area (Å²) in [5.41, 5.74) is 4.49. The summed E-state index contributed by atoms with van der Waals surface area (Å²) in [6.07, 6.45) is 1.78. The van der Waals surface area contributed by atoms with Crippen molar-refractivity contribution in [3.63, 3.8) is 0 Å². The molecular formula is C23H17BrCl2N2O2S. The number of aromatic nitrogens is 1. The van der Waals surface area contributed by atoms with E-state index in [0.717, 1.165) is 44.4 Å². The van der Waals surface area contributed by atoms with Gasteiger partial charge in [0.25, 0.3) is 11.1 Å².